The molecule has 0 aliphatic carbocycles. The van der Waals surface area contributed by atoms with Gasteiger partial charge in [-0.25, -0.2) is 9.78 Å². The third-order valence-electron chi connectivity index (χ3n) is 4.29. The highest BCUT2D eigenvalue weighted by atomic mass is 16.3. The Morgan fingerprint density at radius 1 is 1.29 bits per heavy atom. The highest BCUT2D eigenvalue weighted by Crippen LogP contribution is 2.24. The molecule has 1 saturated heterocycles. The van der Waals surface area contributed by atoms with Crippen molar-refractivity contribution in [2.24, 2.45) is 0 Å². The van der Waals surface area contributed by atoms with Gasteiger partial charge in [0.1, 0.15) is 12.3 Å². The molecule has 0 spiro atoms. The van der Waals surface area contributed by atoms with Crippen LogP contribution in [0.3, 0.4) is 0 Å². The van der Waals surface area contributed by atoms with Crippen molar-refractivity contribution in [1.29, 1.82) is 0 Å². The van der Waals surface area contributed by atoms with Crippen molar-refractivity contribution in [3.63, 3.8) is 0 Å². The molecule has 1 atom stereocenters. The van der Waals surface area contributed by atoms with Crippen LogP contribution in [0.15, 0.2) is 46.1 Å². The predicted molar refractivity (Wildman–Crippen MR) is 88.4 cm³/mol. The molecule has 1 aliphatic heterocycles. The van der Waals surface area contributed by atoms with Crippen LogP contribution < -0.4 is 11.0 Å². The zero-order chi connectivity index (χ0) is 16.8. The number of amides is 1. The molecule has 0 aromatic carbocycles. The molecular formula is C17H22N4O3. The lowest BCUT2D eigenvalue weighted by molar-refractivity contribution is -0.122. The highest BCUT2D eigenvalue weighted by molar-refractivity contribution is 5.75. The number of carbonyl (C=O) groups excluding carboxylic acids is 1. The number of nitrogens with zero attached hydrogens (tertiary/aromatic N) is 3. The van der Waals surface area contributed by atoms with Gasteiger partial charge in [0, 0.05) is 18.9 Å². The molecule has 0 saturated carbocycles. The molecule has 3 rings (SSSR count). The second kappa shape index (κ2) is 7.92. The van der Waals surface area contributed by atoms with Gasteiger partial charge in [0.05, 0.1) is 12.3 Å². The minimum atomic E-state index is -0.425. The first-order valence-corrected chi connectivity index (χ1v) is 8.29. The number of furan rings is 1. The Morgan fingerprint density at radius 2 is 2.12 bits per heavy atom. The Kier molecular flexibility index (Phi) is 5.43. The molecule has 0 bridgehead atoms. The molecule has 7 heteroatoms. The molecule has 1 N–H and O–H groups in total. The van der Waals surface area contributed by atoms with Crippen LogP contribution in [0.25, 0.3) is 0 Å². The fourth-order valence-electron chi connectivity index (χ4n) is 3.05. The lowest BCUT2D eigenvalue weighted by Gasteiger charge is -2.33. The third-order valence-corrected chi connectivity index (χ3v) is 4.29. The van der Waals surface area contributed by atoms with Gasteiger partial charge < -0.3 is 9.73 Å². The Morgan fingerprint density at radius 3 is 2.83 bits per heavy atom. The van der Waals surface area contributed by atoms with E-state index in [1.807, 2.05) is 12.1 Å². The fraction of sp³-hybridized carbons (Fsp3) is 0.471. The molecule has 2 aromatic heterocycles. The standard InChI is InChI=1S/C17H22N4O3/c22-16(13-21-10-5-7-18-17(21)23)19-12-14(15-6-4-11-24-15)20-8-2-1-3-9-20/h4-7,10-11,14H,1-3,8-9,12-13H2,(H,19,22). The van der Waals surface area contributed by atoms with E-state index in [9.17, 15) is 9.59 Å². The number of nitrogens with one attached hydrogen (secondary N) is 1. The second-order valence-corrected chi connectivity index (χ2v) is 5.96. The van der Waals surface area contributed by atoms with Crippen LogP contribution in [0, 0.1) is 0 Å². The Hall–Kier alpha value is -2.41. The number of hydrogen-bond acceptors (Lipinski definition) is 5. The zero-order valence-electron chi connectivity index (χ0n) is 13.6. The smallest absolute Gasteiger partial charge is 0.347 e. The average molecular weight is 330 g/mol. The fourth-order valence-corrected chi connectivity index (χ4v) is 3.05. The summed E-state index contributed by atoms with van der Waals surface area (Å²) in [6, 6.07) is 5.46. The van der Waals surface area contributed by atoms with Crippen LogP contribution in [0.5, 0.6) is 0 Å². The first-order valence-electron chi connectivity index (χ1n) is 8.29. The topological polar surface area (TPSA) is 80.4 Å². The maximum absolute atomic E-state index is 12.2. The SMILES string of the molecule is O=C(Cn1cccnc1=O)NCC(c1ccco1)N1CCCCC1. The molecule has 0 radical (unpaired) electrons. The molecule has 3 heterocycles. The van der Waals surface area contributed by atoms with Crippen LogP contribution in [-0.4, -0.2) is 40.0 Å². The molecule has 2 aromatic rings. The van der Waals surface area contributed by atoms with Crippen molar-refractivity contribution in [3.8, 4) is 0 Å². The number of likely N-dealkylation sites (tertiary alicyclic amines) is 1. The minimum Gasteiger partial charge on any atom is -0.468 e. The number of piperidine rings is 1. The Bertz CT molecular complexity index is 705. The Balaban J connectivity index is 1.62. The van der Waals surface area contributed by atoms with Gasteiger partial charge in [-0.2, -0.15) is 0 Å². The molecule has 128 valence electrons. The van der Waals surface area contributed by atoms with Gasteiger partial charge in [-0.3, -0.25) is 14.3 Å². The molecule has 1 unspecified atom stereocenters. The van der Waals surface area contributed by atoms with Crippen molar-refractivity contribution >= 4 is 5.91 Å². The summed E-state index contributed by atoms with van der Waals surface area (Å²) in [6.45, 7) is 2.44. The van der Waals surface area contributed by atoms with Crippen LogP contribution >= 0.6 is 0 Å². The largest absolute Gasteiger partial charge is 0.468 e. The van der Waals surface area contributed by atoms with E-state index >= 15 is 0 Å². The van der Waals surface area contributed by atoms with Gasteiger partial charge in [0.2, 0.25) is 5.91 Å². The summed E-state index contributed by atoms with van der Waals surface area (Å²) in [5.41, 5.74) is -0.425. The van der Waals surface area contributed by atoms with E-state index in [0.717, 1.165) is 31.7 Å². The van der Waals surface area contributed by atoms with E-state index in [-0.39, 0.29) is 18.5 Å². The second-order valence-electron chi connectivity index (χ2n) is 5.96. The number of rotatable bonds is 6. The highest BCUT2D eigenvalue weighted by Gasteiger charge is 2.24. The van der Waals surface area contributed by atoms with Gasteiger partial charge >= 0.3 is 5.69 Å². The van der Waals surface area contributed by atoms with Crippen molar-refractivity contribution in [2.75, 3.05) is 19.6 Å². The maximum atomic E-state index is 12.2. The van der Waals surface area contributed by atoms with Crippen LogP contribution in [0.4, 0.5) is 0 Å². The van der Waals surface area contributed by atoms with Crippen molar-refractivity contribution in [3.05, 3.63) is 53.1 Å². The predicted octanol–water partition coefficient (Wildman–Crippen LogP) is 1.18. The minimum absolute atomic E-state index is 0.0230. The van der Waals surface area contributed by atoms with E-state index in [0.29, 0.717) is 6.54 Å². The molecule has 1 fully saturated rings. The number of aromatic nitrogens is 2. The normalized spacial score (nSPS) is 16.7. The first kappa shape index (κ1) is 16.4. The molecular weight excluding hydrogens is 308 g/mol. The van der Waals surface area contributed by atoms with Crippen molar-refractivity contribution < 1.29 is 9.21 Å². The van der Waals surface area contributed by atoms with Crippen molar-refractivity contribution in [2.45, 2.75) is 31.8 Å². The zero-order valence-corrected chi connectivity index (χ0v) is 13.6. The lowest BCUT2D eigenvalue weighted by Crippen LogP contribution is -2.42. The van der Waals surface area contributed by atoms with Gasteiger partial charge in [-0.1, -0.05) is 6.42 Å². The van der Waals surface area contributed by atoms with Crippen LogP contribution in [-0.2, 0) is 11.3 Å². The summed E-state index contributed by atoms with van der Waals surface area (Å²) in [6.07, 6.45) is 8.21. The monoisotopic (exact) mass is 330 g/mol. The molecule has 1 amide bonds. The average Bonchev–Trinajstić information content (AvgIpc) is 3.12. The van der Waals surface area contributed by atoms with Crippen molar-refractivity contribution in [1.82, 2.24) is 19.8 Å². The van der Waals surface area contributed by atoms with Crippen LogP contribution in [0.2, 0.25) is 0 Å². The van der Waals surface area contributed by atoms with Gasteiger partial charge in [0.15, 0.2) is 0 Å². The summed E-state index contributed by atoms with van der Waals surface area (Å²) in [5.74, 6) is 0.648. The van der Waals surface area contributed by atoms with E-state index in [2.05, 4.69) is 15.2 Å². The van der Waals surface area contributed by atoms with E-state index in [1.54, 1.807) is 18.5 Å². The van der Waals surface area contributed by atoms with Gasteiger partial charge in [-0.15, -0.1) is 0 Å². The van der Waals surface area contributed by atoms with Gasteiger partial charge in [0.25, 0.3) is 0 Å². The number of hydrogen-bond donors (Lipinski definition) is 1. The lowest BCUT2D eigenvalue weighted by atomic mass is 10.1. The number of carbonyl (C=O) groups is 1. The maximum Gasteiger partial charge on any atom is 0.347 e. The van der Waals surface area contributed by atoms with E-state index < -0.39 is 5.69 Å². The molecule has 1 aliphatic rings. The van der Waals surface area contributed by atoms with Crippen LogP contribution in [0.1, 0.15) is 31.1 Å². The summed E-state index contributed by atoms with van der Waals surface area (Å²) in [7, 11) is 0. The molecule has 7 nitrogen and oxygen atoms in total. The summed E-state index contributed by atoms with van der Waals surface area (Å²) >= 11 is 0. The Labute approximate surface area is 140 Å². The van der Waals surface area contributed by atoms with E-state index in [1.165, 1.54) is 17.2 Å². The third kappa shape index (κ3) is 4.11. The van der Waals surface area contributed by atoms with Gasteiger partial charge in [-0.05, 0) is 44.1 Å². The summed E-state index contributed by atoms with van der Waals surface area (Å²) in [5, 5.41) is 2.92. The molecule has 24 heavy (non-hydrogen) atoms. The van der Waals surface area contributed by atoms with E-state index in [4.69, 9.17) is 4.42 Å². The first-order chi connectivity index (χ1) is 11.7. The quantitative estimate of drug-likeness (QED) is 0.860. The summed E-state index contributed by atoms with van der Waals surface area (Å²) < 4.78 is 6.85. The summed E-state index contributed by atoms with van der Waals surface area (Å²) in [4.78, 5) is 29.7.